The van der Waals surface area contributed by atoms with Gasteiger partial charge in [0.05, 0.1) is 0 Å². The maximum atomic E-state index is 11.0. The van der Waals surface area contributed by atoms with Crippen LogP contribution in [0.2, 0.25) is 0 Å². The molecule has 6 nitrogen and oxygen atoms in total. The van der Waals surface area contributed by atoms with Gasteiger partial charge in [-0.1, -0.05) is 7.43 Å². The number of hydrogen-bond donors (Lipinski definition) is 1. The molecule has 2 aromatic rings. The van der Waals surface area contributed by atoms with Gasteiger partial charge in [-0.2, -0.15) is 13.5 Å². The number of amides is 1. The lowest BCUT2D eigenvalue weighted by Gasteiger charge is -2.14. The lowest BCUT2D eigenvalue weighted by atomic mass is 10.0. The second-order valence-electron chi connectivity index (χ2n) is 6.05. The lowest BCUT2D eigenvalue weighted by Crippen LogP contribution is -2.20. The molecule has 1 N–H and O–H groups in total. The molecule has 0 bridgehead atoms. The van der Waals surface area contributed by atoms with Gasteiger partial charge >= 0.3 is 0 Å². The molecule has 0 saturated carbocycles. The van der Waals surface area contributed by atoms with Crippen LogP contribution in [0.1, 0.15) is 37.0 Å². The van der Waals surface area contributed by atoms with Crippen molar-refractivity contribution in [3.63, 3.8) is 0 Å². The van der Waals surface area contributed by atoms with Crippen molar-refractivity contribution in [1.29, 1.82) is 0 Å². The predicted molar refractivity (Wildman–Crippen MR) is 107 cm³/mol. The number of hydrogen-bond acceptors (Lipinski definition) is 6. The molecule has 8 heteroatoms. The van der Waals surface area contributed by atoms with E-state index >= 15 is 0 Å². The number of nitrogens with one attached hydrogen (secondary N) is 1. The van der Waals surface area contributed by atoms with Crippen molar-refractivity contribution in [3.05, 3.63) is 34.9 Å². The molecular formula is C17H27N5OS2. The molecule has 1 aliphatic heterocycles. The molecule has 0 aromatic carbocycles. The molecule has 0 radical (unpaired) electrons. The van der Waals surface area contributed by atoms with E-state index < -0.39 is 0 Å². The average Bonchev–Trinajstić information content (AvgIpc) is 3.11. The van der Waals surface area contributed by atoms with Crippen molar-refractivity contribution >= 4 is 35.9 Å². The van der Waals surface area contributed by atoms with Crippen LogP contribution in [0.3, 0.4) is 0 Å². The zero-order valence-corrected chi connectivity index (χ0v) is 15.8. The van der Waals surface area contributed by atoms with Crippen LogP contribution in [0.4, 0.5) is 5.13 Å². The van der Waals surface area contributed by atoms with Gasteiger partial charge in [0.25, 0.3) is 0 Å². The summed E-state index contributed by atoms with van der Waals surface area (Å²) in [4.78, 5) is 27.5. The number of carbonyl (C=O) groups is 1. The van der Waals surface area contributed by atoms with E-state index in [1.807, 2.05) is 25.5 Å². The molecular weight excluding hydrogens is 354 g/mol. The summed E-state index contributed by atoms with van der Waals surface area (Å²) in [5, 5.41) is 3.41. The number of rotatable bonds is 5. The summed E-state index contributed by atoms with van der Waals surface area (Å²) in [5.74, 6) is 1.40. The molecule has 0 aliphatic carbocycles. The van der Waals surface area contributed by atoms with Gasteiger partial charge in [-0.05, 0) is 37.8 Å². The van der Waals surface area contributed by atoms with E-state index in [1.54, 1.807) is 11.3 Å². The fraction of sp³-hybridized carbons (Fsp3) is 0.529. The third kappa shape index (κ3) is 6.37. The first-order valence-corrected chi connectivity index (χ1v) is 8.62. The SMILES string of the molecule is C.CC(=O)Nc1ncc(CN2CCC(Cc3cnc(C)nc3)C2)s1.S. The van der Waals surface area contributed by atoms with Crippen LogP contribution < -0.4 is 5.32 Å². The molecule has 2 aromatic heterocycles. The Labute approximate surface area is 160 Å². The number of aromatic nitrogens is 3. The molecule has 3 heterocycles. The maximum absolute atomic E-state index is 11.0. The van der Waals surface area contributed by atoms with Crippen LogP contribution in [0, 0.1) is 12.8 Å². The minimum absolute atomic E-state index is 0. The van der Waals surface area contributed by atoms with E-state index in [-0.39, 0.29) is 26.8 Å². The van der Waals surface area contributed by atoms with Crippen molar-refractivity contribution in [2.75, 3.05) is 18.4 Å². The summed E-state index contributed by atoms with van der Waals surface area (Å²) in [6.45, 7) is 6.50. The van der Waals surface area contributed by atoms with Gasteiger partial charge < -0.3 is 5.32 Å². The quantitative estimate of drug-likeness (QED) is 0.862. The fourth-order valence-electron chi connectivity index (χ4n) is 2.89. The largest absolute Gasteiger partial charge is 0.302 e. The summed E-state index contributed by atoms with van der Waals surface area (Å²) in [7, 11) is 0. The highest BCUT2D eigenvalue weighted by Crippen LogP contribution is 2.25. The third-order valence-corrected chi connectivity index (χ3v) is 4.84. The van der Waals surface area contributed by atoms with Crippen LogP contribution in [0.5, 0.6) is 0 Å². The van der Waals surface area contributed by atoms with Crippen LogP contribution in [-0.4, -0.2) is 38.8 Å². The summed E-state index contributed by atoms with van der Waals surface area (Å²) >= 11 is 1.55. The summed E-state index contributed by atoms with van der Waals surface area (Å²) in [5.41, 5.74) is 1.22. The topological polar surface area (TPSA) is 71.0 Å². The Hall–Kier alpha value is -1.51. The maximum Gasteiger partial charge on any atom is 0.223 e. The Balaban J connectivity index is 0.00000156. The first-order chi connectivity index (χ1) is 11.1. The third-order valence-electron chi connectivity index (χ3n) is 3.94. The van der Waals surface area contributed by atoms with Crippen molar-refractivity contribution < 1.29 is 4.79 Å². The highest BCUT2D eigenvalue weighted by molar-refractivity contribution is 7.59. The van der Waals surface area contributed by atoms with Crippen molar-refractivity contribution in [2.45, 2.75) is 40.7 Å². The van der Waals surface area contributed by atoms with Crippen LogP contribution in [0.15, 0.2) is 18.6 Å². The van der Waals surface area contributed by atoms with Gasteiger partial charge in [0.15, 0.2) is 5.13 Å². The lowest BCUT2D eigenvalue weighted by molar-refractivity contribution is -0.114. The van der Waals surface area contributed by atoms with Gasteiger partial charge in [-0.3, -0.25) is 9.69 Å². The van der Waals surface area contributed by atoms with E-state index in [0.717, 1.165) is 31.9 Å². The van der Waals surface area contributed by atoms with Crippen molar-refractivity contribution in [3.8, 4) is 0 Å². The van der Waals surface area contributed by atoms with Crippen LogP contribution >= 0.6 is 24.8 Å². The second kappa shape index (κ2) is 9.84. The number of nitrogens with zero attached hydrogens (tertiary/aromatic N) is 4. The molecule has 1 amide bonds. The van der Waals surface area contributed by atoms with Gasteiger partial charge in [0.1, 0.15) is 5.82 Å². The molecule has 0 spiro atoms. The Morgan fingerprint density at radius 1 is 1.32 bits per heavy atom. The zero-order chi connectivity index (χ0) is 16.2. The highest BCUT2D eigenvalue weighted by atomic mass is 32.1. The van der Waals surface area contributed by atoms with E-state index in [2.05, 4.69) is 25.2 Å². The van der Waals surface area contributed by atoms with Gasteiger partial charge in [0, 0.05) is 43.5 Å². The summed E-state index contributed by atoms with van der Waals surface area (Å²) < 4.78 is 0. The Morgan fingerprint density at radius 2 is 2.04 bits per heavy atom. The highest BCUT2D eigenvalue weighted by Gasteiger charge is 2.23. The summed E-state index contributed by atoms with van der Waals surface area (Å²) in [6.07, 6.45) is 7.97. The standard InChI is InChI=1S/C16H21N5OS.CH4.H2S/c1-11-17-6-14(7-18-11)5-13-3-4-21(9-13)10-15-8-19-16(23-15)20-12(2)22;;/h6-8,13H,3-5,9-10H2,1-2H3,(H,19,20,22);1H4;1H2. The van der Waals surface area contributed by atoms with Gasteiger partial charge in [0.2, 0.25) is 5.91 Å². The van der Waals surface area contributed by atoms with Crippen molar-refractivity contribution in [1.82, 2.24) is 19.9 Å². The second-order valence-corrected chi connectivity index (χ2v) is 7.16. The minimum Gasteiger partial charge on any atom is -0.302 e. The van der Waals surface area contributed by atoms with Crippen molar-refractivity contribution in [2.24, 2.45) is 5.92 Å². The normalized spacial score (nSPS) is 16.8. The fourth-order valence-corrected chi connectivity index (χ4v) is 3.79. The first-order valence-electron chi connectivity index (χ1n) is 7.80. The number of likely N-dealkylation sites (tertiary alicyclic amines) is 1. The van der Waals surface area contributed by atoms with Crippen LogP contribution in [0.25, 0.3) is 0 Å². The molecule has 25 heavy (non-hydrogen) atoms. The molecule has 3 rings (SSSR count). The number of thiazole rings is 1. The van der Waals surface area contributed by atoms with E-state index in [9.17, 15) is 4.79 Å². The number of anilines is 1. The summed E-state index contributed by atoms with van der Waals surface area (Å²) in [6, 6.07) is 0. The van der Waals surface area contributed by atoms with E-state index in [0.29, 0.717) is 11.0 Å². The van der Waals surface area contributed by atoms with Gasteiger partial charge in [-0.25, -0.2) is 15.0 Å². The van der Waals surface area contributed by atoms with Crippen LogP contribution in [-0.2, 0) is 17.8 Å². The molecule has 138 valence electrons. The first kappa shape index (κ1) is 21.5. The monoisotopic (exact) mass is 381 g/mol. The minimum atomic E-state index is -0.0764. The average molecular weight is 382 g/mol. The molecule has 1 aliphatic rings. The number of aryl methyl sites for hydroxylation is 1. The smallest absolute Gasteiger partial charge is 0.223 e. The Kier molecular flexibility index (Phi) is 8.47. The Bertz CT molecular complexity index is 674. The van der Waals surface area contributed by atoms with Gasteiger partial charge in [-0.15, -0.1) is 11.3 Å². The van der Waals surface area contributed by atoms with E-state index in [1.165, 1.54) is 23.8 Å². The number of carbonyl (C=O) groups excluding carboxylic acids is 1. The predicted octanol–water partition coefficient (Wildman–Crippen LogP) is 3.01. The zero-order valence-electron chi connectivity index (χ0n) is 14.0. The molecule has 1 unspecified atom stereocenters. The van der Waals surface area contributed by atoms with E-state index in [4.69, 9.17) is 0 Å². The Morgan fingerprint density at radius 3 is 2.72 bits per heavy atom. The molecule has 1 atom stereocenters. The molecule has 1 fully saturated rings. The molecule has 1 saturated heterocycles.